The lowest BCUT2D eigenvalue weighted by molar-refractivity contribution is 0.136. The number of rotatable bonds is 4. The smallest absolute Gasteiger partial charge is 0.183 e. The summed E-state index contributed by atoms with van der Waals surface area (Å²) < 4.78 is 7.30. The lowest BCUT2D eigenvalue weighted by Gasteiger charge is -2.38. The van der Waals surface area contributed by atoms with Crippen LogP contribution in [0.3, 0.4) is 0 Å². The Morgan fingerprint density at radius 2 is 2.06 bits per heavy atom. The average molecular weight is 380 g/mol. The molecule has 2 rings (SSSR count). The molecule has 1 fully saturated rings. The number of hydrogen-bond donors (Lipinski definition) is 1. The van der Waals surface area contributed by atoms with Gasteiger partial charge in [-0.05, 0) is 76.3 Å². The fraction of sp³-hybridized carbons (Fsp3) is 0.692. The van der Waals surface area contributed by atoms with Gasteiger partial charge in [-0.25, -0.2) is 0 Å². The molecule has 0 unspecified atom stereocenters. The van der Waals surface area contributed by atoms with Crippen LogP contribution in [0.4, 0.5) is 0 Å². The summed E-state index contributed by atoms with van der Waals surface area (Å²) in [5.41, 5.74) is 0.424. The summed E-state index contributed by atoms with van der Waals surface area (Å²) in [7, 11) is 2.20. The summed E-state index contributed by atoms with van der Waals surface area (Å²) in [5, 5.41) is 3.51. The van der Waals surface area contributed by atoms with Crippen LogP contribution in [0.5, 0.6) is 0 Å². The zero-order chi connectivity index (χ0) is 13.2. The van der Waals surface area contributed by atoms with Crippen LogP contribution in [0.2, 0.25) is 0 Å². The molecule has 1 aromatic heterocycles. The molecule has 0 atom stereocenters. The number of furan rings is 1. The fourth-order valence-corrected chi connectivity index (χ4v) is 2.96. The van der Waals surface area contributed by atoms with Gasteiger partial charge in [0, 0.05) is 6.54 Å². The van der Waals surface area contributed by atoms with E-state index in [1.54, 1.807) is 0 Å². The Balaban J connectivity index is 1.78. The van der Waals surface area contributed by atoms with E-state index in [4.69, 9.17) is 4.42 Å². The molecule has 2 heterocycles. The number of piperidine rings is 1. The number of hydrogen-bond acceptors (Lipinski definition) is 3. The normalized spacial score (nSPS) is 20.2. The van der Waals surface area contributed by atoms with Crippen LogP contribution >= 0.6 is 31.9 Å². The molecule has 0 radical (unpaired) electrons. The van der Waals surface area contributed by atoms with Gasteiger partial charge >= 0.3 is 0 Å². The lowest BCUT2D eigenvalue weighted by atomic mass is 9.80. The minimum Gasteiger partial charge on any atom is -0.452 e. The maximum absolute atomic E-state index is 5.55. The Morgan fingerprint density at radius 1 is 1.39 bits per heavy atom. The Morgan fingerprint density at radius 3 is 2.61 bits per heavy atom. The predicted molar refractivity (Wildman–Crippen MR) is 80.7 cm³/mol. The minimum atomic E-state index is 0.424. The summed E-state index contributed by atoms with van der Waals surface area (Å²) in [6, 6.07) is 2.01. The molecule has 0 aromatic carbocycles. The summed E-state index contributed by atoms with van der Waals surface area (Å²) in [6.07, 6.45) is 2.53. The van der Waals surface area contributed by atoms with Gasteiger partial charge in [0.05, 0.1) is 11.0 Å². The number of likely N-dealkylation sites (tertiary alicyclic amines) is 1. The fourth-order valence-electron chi connectivity index (χ4n) is 2.30. The largest absolute Gasteiger partial charge is 0.452 e. The van der Waals surface area contributed by atoms with Crippen molar-refractivity contribution in [3.05, 3.63) is 21.0 Å². The third kappa shape index (κ3) is 3.83. The van der Waals surface area contributed by atoms with Gasteiger partial charge in [0.1, 0.15) is 5.76 Å². The first-order valence-electron chi connectivity index (χ1n) is 6.31. The van der Waals surface area contributed by atoms with Crippen molar-refractivity contribution in [1.82, 2.24) is 10.2 Å². The van der Waals surface area contributed by atoms with E-state index in [1.165, 1.54) is 25.9 Å². The van der Waals surface area contributed by atoms with Gasteiger partial charge in [-0.3, -0.25) is 0 Å². The van der Waals surface area contributed by atoms with Crippen LogP contribution in [-0.2, 0) is 6.54 Å². The van der Waals surface area contributed by atoms with E-state index in [2.05, 4.69) is 56.0 Å². The first kappa shape index (κ1) is 14.6. The highest BCUT2D eigenvalue weighted by atomic mass is 79.9. The topological polar surface area (TPSA) is 28.4 Å². The van der Waals surface area contributed by atoms with Gasteiger partial charge in [0.15, 0.2) is 4.67 Å². The molecule has 0 amide bonds. The Labute approximate surface area is 126 Å². The second-order valence-corrected chi connectivity index (χ2v) is 7.13. The number of halogens is 2. The highest BCUT2D eigenvalue weighted by Gasteiger charge is 2.28. The van der Waals surface area contributed by atoms with Crippen molar-refractivity contribution in [3.63, 3.8) is 0 Å². The van der Waals surface area contributed by atoms with Crippen LogP contribution in [0.1, 0.15) is 25.5 Å². The maximum Gasteiger partial charge on any atom is 0.183 e. The first-order valence-corrected chi connectivity index (χ1v) is 7.90. The molecular weight excluding hydrogens is 360 g/mol. The molecule has 1 saturated heterocycles. The van der Waals surface area contributed by atoms with Crippen LogP contribution in [-0.4, -0.2) is 31.6 Å². The molecule has 0 spiro atoms. The summed E-state index contributed by atoms with van der Waals surface area (Å²) in [6.45, 7) is 6.62. The second-order valence-electron chi connectivity index (χ2n) is 5.55. The van der Waals surface area contributed by atoms with Gasteiger partial charge in [0.25, 0.3) is 0 Å². The van der Waals surface area contributed by atoms with Crippen molar-refractivity contribution in [3.8, 4) is 0 Å². The summed E-state index contributed by atoms with van der Waals surface area (Å²) in [5.74, 6) is 0.963. The molecule has 1 N–H and O–H groups in total. The van der Waals surface area contributed by atoms with Gasteiger partial charge in [-0.1, -0.05) is 6.92 Å². The summed E-state index contributed by atoms with van der Waals surface area (Å²) in [4.78, 5) is 2.41. The molecule has 5 heteroatoms. The zero-order valence-corrected chi connectivity index (χ0v) is 14.1. The standard InChI is InChI=1S/C13H20Br2N2O/c1-13(3-5-17(2)6-4-13)9-16-8-10-7-11(14)12(15)18-10/h7,16H,3-6,8-9H2,1-2H3. The van der Waals surface area contributed by atoms with Crippen molar-refractivity contribution in [2.24, 2.45) is 5.41 Å². The van der Waals surface area contributed by atoms with Crippen LogP contribution in [0.15, 0.2) is 19.6 Å². The molecule has 0 aliphatic carbocycles. The second kappa shape index (κ2) is 6.07. The number of nitrogens with one attached hydrogen (secondary N) is 1. The van der Waals surface area contributed by atoms with Crippen LogP contribution < -0.4 is 5.32 Å². The molecule has 3 nitrogen and oxygen atoms in total. The van der Waals surface area contributed by atoms with E-state index in [9.17, 15) is 0 Å². The van der Waals surface area contributed by atoms with Crippen LogP contribution in [0.25, 0.3) is 0 Å². The Bertz CT molecular complexity index is 378. The molecule has 1 aliphatic rings. The maximum atomic E-state index is 5.55. The minimum absolute atomic E-state index is 0.424. The van der Waals surface area contributed by atoms with Crippen LogP contribution in [0, 0.1) is 5.41 Å². The molecule has 0 saturated carbocycles. The summed E-state index contributed by atoms with van der Waals surface area (Å²) >= 11 is 6.78. The highest BCUT2D eigenvalue weighted by Crippen LogP contribution is 2.30. The predicted octanol–water partition coefficient (Wildman–Crippen LogP) is 3.63. The van der Waals surface area contributed by atoms with Crippen molar-refractivity contribution in [2.45, 2.75) is 26.3 Å². The van der Waals surface area contributed by atoms with Gasteiger partial charge in [-0.2, -0.15) is 0 Å². The third-order valence-electron chi connectivity index (χ3n) is 3.74. The van der Waals surface area contributed by atoms with E-state index in [-0.39, 0.29) is 0 Å². The van der Waals surface area contributed by atoms with Gasteiger partial charge < -0.3 is 14.6 Å². The molecule has 18 heavy (non-hydrogen) atoms. The van der Waals surface area contributed by atoms with E-state index >= 15 is 0 Å². The Hall–Kier alpha value is 0.160. The average Bonchev–Trinajstić information content (AvgIpc) is 2.63. The monoisotopic (exact) mass is 378 g/mol. The van der Waals surface area contributed by atoms with Gasteiger partial charge in [-0.15, -0.1) is 0 Å². The van der Waals surface area contributed by atoms with E-state index in [0.29, 0.717) is 5.41 Å². The van der Waals surface area contributed by atoms with E-state index in [1.807, 2.05) is 6.07 Å². The zero-order valence-electron chi connectivity index (χ0n) is 10.9. The molecule has 102 valence electrons. The molecular formula is C13H20Br2N2O. The molecule has 0 bridgehead atoms. The SMILES string of the molecule is CN1CCC(C)(CNCc2cc(Br)c(Br)o2)CC1. The molecule has 1 aromatic rings. The third-order valence-corrected chi connectivity index (χ3v) is 5.45. The van der Waals surface area contributed by atoms with Crippen molar-refractivity contribution in [1.29, 1.82) is 0 Å². The van der Waals surface area contributed by atoms with Crippen molar-refractivity contribution >= 4 is 31.9 Å². The van der Waals surface area contributed by atoms with Crippen molar-refractivity contribution in [2.75, 3.05) is 26.7 Å². The van der Waals surface area contributed by atoms with E-state index < -0.39 is 0 Å². The van der Waals surface area contributed by atoms with Gasteiger partial charge in [0.2, 0.25) is 0 Å². The quantitative estimate of drug-likeness (QED) is 0.865. The van der Waals surface area contributed by atoms with Crippen molar-refractivity contribution < 1.29 is 4.42 Å². The first-order chi connectivity index (χ1) is 8.48. The Kier molecular flexibility index (Phi) is 4.92. The van der Waals surface area contributed by atoms with E-state index in [0.717, 1.165) is 28.0 Å². The number of nitrogens with zero attached hydrogens (tertiary/aromatic N) is 1. The highest BCUT2D eigenvalue weighted by molar-refractivity contribution is 9.13. The molecule has 1 aliphatic heterocycles. The lowest BCUT2D eigenvalue weighted by Crippen LogP contribution is -2.41.